The van der Waals surface area contributed by atoms with E-state index in [4.69, 9.17) is 9.47 Å². The van der Waals surface area contributed by atoms with Gasteiger partial charge in [-0.3, -0.25) is 15.0 Å². The maximum Gasteiger partial charge on any atom is 0.393 e. The van der Waals surface area contributed by atoms with Crippen LogP contribution in [0.5, 0.6) is 5.75 Å². The van der Waals surface area contributed by atoms with Crippen molar-refractivity contribution in [3.8, 4) is 28.4 Å². The Morgan fingerprint density at radius 1 is 1.12 bits per heavy atom. The fraction of sp³-hybridized carbons (Fsp3) is 0.481. The summed E-state index contributed by atoms with van der Waals surface area (Å²) in [6.45, 7) is 5.87. The highest BCUT2D eigenvalue weighted by atomic mass is 19.4. The number of fused-ring (bicyclic) bond motifs is 1. The highest BCUT2D eigenvalue weighted by Crippen LogP contribution is 2.44. The second-order valence-corrected chi connectivity index (χ2v) is 11.0. The molecule has 4 aromatic heterocycles. The molecule has 3 saturated heterocycles. The molecule has 0 atom stereocenters. The average molecular weight is 555 g/mol. The van der Waals surface area contributed by atoms with Crippen molar-refractivity contribution >= 4 is 11.3 Å². The predicted molar refractivity (Wildman–Crippen MR) is 140 cm³/mol. The molecule has 3 fully saturated rings. The van der Waals surface area contributed by atoms with E-state index in [1.165, 1.54) is 18.0 Å². The molecule has 210 valence electrons. The zero-order valence-electron chi connectivity index (χ0n) is 22.0. The number of hydrogen-bond donors (Lipinski definition) is 1. The van der Waals surface area contributed by atoms with E-state index in [9.17, 15) is 13.2 Å². The molecule has 0 aromatic carbocycles. The summed E-state index contributed by atoms with van der Waals surface area (Å²) in [5.74, 6) is 0.384. The van der Waals surface area contributed by atoms with Gasteiger partial charge in [0.05, 0.1) is 42.5 Å². The number of pyridine rings is 2. The van der Waals surface area contributed by atoms with E-state index in [1.807, 2.05) is 6.07 Å². The van der Waals surface area contributed by atoms with Crippen molar-refractivity contribution in [2.45, 2.75) is 31.5 Å². The topological polar surface area (TPSA) is 96.7 Å². The van der Waals surface area contributed by atoms with Crippen LogP contribution >= 0.6 is 0 Å². The quantitative estimate of drug-likeness (QED) is 0.386. The third-order valence-corrected chi connectivity index (χ3v) is 8.29. The van der Waals surface area contributed by atoms with Gasteiger partial charge in [0.1, 0.15) is 6.33 Å². The van der Waals surface area contributed by atoms with Gasteiger partial charge >= 0.3 is 6.18 Å². The molecule has 0 bridgehead atoms. The minimum Gasteiger partial charge on any atom is -0.493 e. The van der Waals surface area contributed by atoms with Gasteiger partial charge in [0.2, 0.25) is 0 Å². The molecule has 3 aliphatic heterocycles. The van der Waals surface area contributed by atoms with E-state index in [1.54, 1.807) is 24.5 Å². The maximum absolute atomic E-state index is 13.7. The maximum atomic E-state index is 13.7. The smallest absolute Gasteiger partial charge is 0.393 e. The lowest BCUT2D eigenvalue weighted by atomic mass is 9.71. The molecule has 0 saturated carbocycles. The van der Waals surface area contributed by atoms with Crippen LogP contribution in [0.25, 0.3) is 28.3 Å². The standard InChI is InChI=1S/C27H29F3N8O2/c1-39-22-8-17(11-38-25(22)32-16-33-38)23-20(9-27(28,29)30)24(35-34-23)21-3-2-19(10-31-21)37-14-26(15-37)12-36(13-26)18-4-6-40-7-5-18/h2-3,8,10-11,16,18H,4-7,9,12-15H2,1H3,(H,34,35). The largest absolute Gasteiger partial charge is 0.493 e. The van der Waals surface area contributed by atoms with Crippen LogP contribution in [0.2, 0.25) is 0 Å². The molecule has 1 N–H and O–H groups in total. The molecule has 7 rings (SSSR count). The lowest BCUT2D eigenvalue weighted by molar-refractivity contribution is -0.127. The van der Waals surface area contributed by atoms with Crippen molar-refractivity contribution in [3.63, 3.8) is 0 Å². The average Bonchev–Trinajstić information content (AvgIpc) is 3.54. The molecule has 4 aromatic rings. The van der Waals surface area contributed by atoms with Crippen molar-refractivity contribution in [2.24, 2.45) is 5.41 Å². The van der Waals surface area contributed by atoms with Crippen molar-refractivity contribution in [2.75, 3.05) is 51.4 Å². The van der Waals surface area contributed by atoms with E-state index in [-0.39, 0.29) is 17.0 Å². The van der Waals surface area contributed by atoms with Gasteiger partial charge in [-0.2, -0.15) is 23.4 Å². The van der Waals surface area contributed by atoms with Crippen LogP contribution in [0.3, 0.4) is 0 Å². The molecular weight excluding hydrogens is 525 g/mol. The van der Waals surface area contributed by atoms with Gasteiger partial charge < -0.3 is 14.4 Å². The second-order valence-electron chi connectivity index (χ2n) is 11.0. The SMILES string of the molecule is COc1cc(-c2n[nH]c(-c3ccc(N4CC5(C4)CN(C4CCOCC4)C5)cn3)c2CC(F)(F)F)cn2ncnc12. The Balaban J connectivity index is 1.11. The first-order valence-electron chi connectivity index (χ1n) is 13.4. The lowest BCUT2D eigenvalue weighted by Gasteiger charge is -2.63. The van der Waals surface area contributed by atoms with Gasteiger partial charge in [-0.05, 0) is 31.0 Å². The molecule has 0 amide bonds. The Bertz CT molecular complexity index is 1510. The Morgan fingerprint density at radius 3 is 2.62 bits per heavy atom. The molecule has 0 radical (unpaired) electrons. The lowest BCUT2D eigenvalue weighted by Crippen LogP contribution is -2.74. The zero-order chi connectivity index (χ0) is 27.5. The van der Waals surface area contributed by atoms with Gasteiger partial charge in [-0.1, -0.05) is 0 Å². The van der Waals surface area contributed by atoms with Crippen LogP contribution in [0.1, 0.15) is 18.4 Å². The fourth-order valence-corrected chi connectivity index (χ4v) is 6.35. The van der Waals surface area contributed by atoms with Crippen LogP contribution in [-0.2, 0) is 11.2 Å². The first-order valence-corrected chi connectivity index (χ1v) is 13.4. The van der Waals surface area contributed by atoms with E-state index in [0.717, 1.165) is 57.9 Å². The number of likely N-dealkylation sites (tertiary alicyclic amines) is 1. The Kier molecular flexibility index (Phi) is 5.97. The number of alkyl halides is 3. The van der Waals surface area contributed by atoms with Crippen LogP contribution in [0.15, 0.2) is 36.9 Å². The third kappa shape index (κ3) is 4.46. The number of aromatic amines is 1. The van der Waals surface area contributed by atoms with Crippen LogP contribution in [0.4, 0.5) is 18.9 Å². The van der Waals surface area contributed by atoms with E-state index >= 15 is 0 Å². The highest BCUT2D eigenvalue weighted by Gasteiger charge is 2.53. The number of halogens is 3. The predicted octanol–water partition coefficient (Wildman–Crippen LogP) is 3.60. The minimum absolute atomic E-state index is 0.0137. The second kappa shape index (κ2) is 9.44. The summed E-state index contributed by atoms with van der Waals surface area (Å²) in [6, 6.07) is 5.93. The first kappa shape index (κ1) is 25.3. The van der Waals surface area contributed by atoms with Crippen molar-refractivity contribution < 1.29 is 22.6 Å². The van der Waals surface area contributed by atoms with Crippen LogP contribution in [0, 0.1) is 5.41 Å². The molecule has 0 aliphatic carbocycles. The molecule has 7 heterocycles. The van der Waals surface area contributed by atoms with Gasteiger partial charge in [0.15, 0.2) is 11.4 Å². The number of nitrogens with one attached hydrogen (secondary N) is 1. The van der Waals surface area contributed by atoms with Gasteiger partial charge in [0, 0.05) is 68.2 Å². The van der Waals surface area contributed by atoms with E-state index < -0.39 is 12.6 Å². The molecule has 13 heteroatoms. The molecule has 0 unspecified atom stereocenters. The summed E-state index contributed by atoms with van der Waals surface area (Å²) in [4.78, 5) is 13.5. The summed E-state index contributed by atoms with van der Waals surface area (Å²) in [6.07, 6.45) is 1.30. The Morgan fingerprint density at radius 2 is 1.93 bits per heavy atom. The summed E-state index contributed by atoms with van der Waals surface area (Å²) in [5, 5.41) is 11.2. The number of nitrogens with zero attached hydrogens (tertiary/aromatic N) is 7. The molecule has 3 aliphatic rings. The number of anilines is 1. The number of rotatable bonds is 6. The Hall–Kier alpha value is -3.71. The first-order chi connectivity index (χ1) is 19.3. The summed E-state index contributed by atoms with van der Waals surface area (Å²) in [7, 11) is 1.47. The number of hydrogen-bond acceptors (Lipinski definition) is 8. The molecule has 1 spiro atoms. The van der Waals surface area contributed by atoms with Crippen molar-refractivity contribution in [1.82, 2.24) is 34.7 Å². The van der Waals surface area contributed by atoms with Gasteiger partial charge in [-0.25, -0.2) is 9.50 Å². The number of ether oxygens (including phenoxy) is 2. The summed E-state index contributed by atoms with van der Waals surface area (Å²) >= 11 is 0. The van der Waals surface area contributed by atoms with Crippen molar-refractivity contribution in [1.29, 1.82) is 0 Å². The molecule has 40 heavy (non-hydrogen) atoms. The number of aromatic nitrogens is 6. The van der Waals surface area contributed by atoms with E-state index in [2.05, 4.69) is 35.1 Å². The van der Waals surface area contributed by atoms with Gasteiger partial charge in [0.25, 0.3) is 0 Å². The summed E-state index contributed by atoms with van der Waals surface area (Å²) < 4.78 is 53.5. The van der Waals surface area contributed by atoms with E-state index in [0.29, 0.717) is 34.1 Å². The third-order valence-electron chi connectivity index (χ3n) is 8.29. The zero-order valence-corrected chi connectivity index (χ0v) is 22.0. The number of H-pyrrole nitrogens is 1. The van der Waals surface area contributed by atoms with Gasteiger partial charge in [-0.15, -0.1) is 0 Å². The minimum atomic E-state index is -4.44. The number of methoxy groups -OCH3 is 1. The summed E-state index contributed by atoms with van der Waals surface area (Å²) in [5.41, 5.74) is 3.01. The normalized spacial score (nSPS) is 19.6. The van der Waals surface area contributed by atoms with Crippen LogP contribution < -0.4 is 9.64 Å². The Labute approximate surface area is 228 Å². The van der Waals surface area contributed by atoms with Crippen molar-refractivity contribution in [3.05, 3.63) is 42.5 Å². The monoisotopic (exact) mass is 554 g/mol. The fourth-order valence-electron chi connectivity index (χ4n) is 6.35. The highest BCUT2D eigenvalue weighted by molar-refractivity contribution is 5.75. The molecular formula is C27H29F3N8O2. The molecule has 10 nitrogen and oxygen atoms in total. The van der Waals surface area contributed by atoms with Crippen LogP contribution in [-0.4, -0.2) is 93.4 Å².